The highest BCUT2D eigenvalue weighted by molar-refractivity contribution is 5.99. The Bertz CT molecular complexity index is 650. The van der Waals surface area contributed by atoms with Gasteiger partial charge in [-0.05, 0) is 37.0 Å². The molecule has 0 aliphatic carbocycles. The van der Waals surface area contributed by atoms with Gasteiger partial charge in [0, 0.05) is 35.1 Å². The number of carbonyl (C=O) groups excluding carboxylic acids is 1. The van der Waals surface area contributed by atoms with Gasteiger partial charge < -0.3 is 15.6 Å². The molecule has 1 aromatic heterocycles. The Morgan fingerprint density at radius 2 is 2.11 bits per heavy atom. The van der Waals surface area contributed by atoms with Crippen LogP contribution in [-0.4, -0.2) is 24.0 Å². The van der Waals surface area contributed by atoms with Gasteiger partial charge in [0.05, 0.1) is 0 Å². The van der Waals surface area contributed by atoms with E-state index in [2.05, 4.69) is 9.88 Å². The minimum absolute atomic E-state index is 0.354. The van der Waals surface area contributed by atoms with Crippen molar-refractivity contribution in [1.82, 2.24) is 4.98 Å². The molecule has 92 valence electrons. The maximum atomic E-state index is 11.3. The Kier molecular flexibility index (Phi) is 1.82. The summed E-state index contributed by atoms with van der Waals surface area (Å²) >= 11 is 0. The number of amides is 1. The number of hydrogen-bond acceptors (Lipinski definition) is 2. The second-order valence-corrected chi connectivity index (χ2v) is 5.27. The fourth-order valence-corrected chi connectivity index (χ4v) is 3.41. The van der Waals surface area contributed by atoms with Crippen molar-refractivity contribution in [2.45, 2.75) is 18.8 Å². The molecule has 0 radical (unpaired) electrons. The van der Waals surface area contributed by atoms with Crippen molar-refractivity contribution in [2.24, 2.45) is 5.73 Å². The maximum Gasteiger partial charge on any atom is 0.248 e. The zero-order chi connectivity index (χ0) is 12.3. The van der Waals surface area contributed by atoms with E-state index >= 15 is 0 Å². The Balaban J connectivity index is 2.01. The lowest BCUT2D eigenvalue weighted by molar-refractivity contribution is 0.100. The average molecular weight is 241 g/mol. The van der Waals surface area contributed by atoms with Gasteiger partial charge in [-0.15, -0.1) is 0 Å². The van der Waals surface area contributed by atoms with Gasteiger partial charge in [0.2, 0.25) is 5.91 Å². The van der Waals surface area contributed by atoms with Crippen molar-refractivity contribution in [3.05, 3.63) is 29.3 Å². The van der Waals surface area contributed by atoms with E-state index in [1.54, 1.807) is 6.07 Å². The molecule has 3 aliphatic heterocycles. The van der Waals surface area contributed by atoms with Gasteiger partial charge in [-0.25, -0.2) is 0 Å². The maximum absolute atomic E-state index is 11.3. The third-order valence-electron chi connectivity index (χ3n) is 4.32. The van der Waals surface area contributed by atoms with Gasteiger partial charge in [0.1, 0.15) is 5.82 Å². The number of primary amides is 1. The molecule has 2 bridgehead atoms. The Hall–Kier alpha value is -1.97. The second kappa shape index (κ2) is 3.28. The minimum Gasteiger partial charge on any atom is -0.366 e. The molecular weight excluding hydrogens is 226 g/mol. The van der Waals surface area contributed by atoms with E-state index < -0.39 is 0 Å². The topological polar surface area (TPSA) is 62.1 Å². The predicted octanol–water partition coefficient (Wildman–Crippen LogP) is 1.96. The molecule has 4 nitrogen and oxygen atoms in total. The summed E-state index contributed by atoms with van der Waals surface area (Å²) in [6, 6.07) is 5.70. The number of carbonyl (C=O) groups is 1. The third kappa shape index (κ3) is 1.17. The van der Waals surface area contributed by atoms with Gasteiger partial charge in [-0.3, -0.25) is 4.79 Å². The lowest BCUT2D eigenvalue weighted by Crippen LogP contribution is -2.38. The summed E-state index contributed by atoms with van der Waals surface area (Å²) < 4.78 is 0. The van der Waals surface area contributed by atoms with E-state index in [4.69, 9.17) is 5.73 Å². The minimum atomic E-state index is -0.354. The first-order valence-corrected chi connectivity index (χ1v) is 6.44. The average Bonchev–Trinajstić information content (AvgIpc) is 2.80. The lowest BCUT2D eigenvalue weighted by atomic mass is 9.84. The van der Waals surface area contributed by atoms with Crippen LogP contribution < -0.4 is 10.6 Å². The fraction of sp³-hybridized carbons (Fsp3) is 0.357. The number of hydrogen-bond donors (Lipinski definition) is 2. The smallest absolute Gasteiger partial charge is 0.248 e. The molecule has 1 amide bonds. The molecule has 3 N–H and O–H groups in total. The van der Waals surface area contributed by atoms with E-state index in [-0.39, 0.29) is 5.91 Å². The Morgan fingerprint density at radius 1 is 1.33 bits per heavy atom. The van der Waals surface area contributed by atoms with Crippen LogP contribution in [0, 0.1) is 0 Å². The van der Waals surface area contributed by atoms with Crippen LogP contribution in [0.15, 0.2) is 18.2 Å². The lowest BCUT2D eigenvalue weighted by Gasteiger charge is -2.40. The van der Waals surface area contributed by atoms with Gasteiger partial charge in [0.15, 0.2) is 0 Å². The molecule has 2 aromatic rings. The molecule has 0 atom stereocenters. The summed E-state index contributed by atoms with van der Waals surface area (Å²) in [7, 11) is 0. The monoisotopic (exact) mass is 241 g/mol. The van der Waals surface area contributed by atoms with E-state index in [1.165, 1.54) is 29.6 Å². The quantitative estimate of drug-likeness (QED) is 0.801. The Labute approximate surface area is 105 Å². The van der Waals surface area contributed by atoms with Crippen molar-refractivity contribution in [2.75, 3.05) is 18.0 Å². The number of anilines is 1. The van der Waals surface area contributed by atoms with Gasteiger partial charge >= 0.3 is 0 Å². The standard InChI is InChI=1S/C14H15N3O/c15-13(18)9-1-2-11-10(7-9)12-8-3-5-17(6-4-8)14(12)16-11/h1-2,7-8,16H,3-6H2,(H2,15,18). The highest BCUT2D eigenvalue weighted by Crippen LogP contribution is 2.45. The van der Waals surface area contributed by atoms with Crippen molar-refractivity contribution in [3.63, 3.8) is 0 Å². The van der Waals surface area contributed by atoms with E-state index in [0.29, 0.717) is 11.5 Å². The van der Waals surface area contributed by atoms with Crippen molar-refractivity contribution < 1.29 is 4.79 Å². The number of H-pyrrole nitrogens is 1. The highest BCUT2D eigenvalue weighted by Gasteiger charge is 2.33. The molecular formula is C14H15N3O. The number of nitrogens with zero attached hydrogens (tertiary/aromatic N) is 1. The number of piperidine rings is 1. The normalized spacial score (nSPS) is 18.3. The molecule has 0 unspecified atom stereocenters. The number of fused-ring (bicyclic) bond motifs is 3. The Morgan fingerprint density at radius 3 is 2.83 bits per heavy atom. The SMILES string of the molecule is NC(=O)c1ccc2[nH]c3c(c2c1)C1CCN3CC1. The zero-order valence-electron chi connectivity index (χ0n) is 10.1. The van der Waals surface area contributed by atoms with Crippen LogP contribution >= 0.6 is 0 Å². The highest BCUT2D eigenvalue weighted by atomic mass is 16.1. The number of aromatic nitrogens is 1. The fourth-order valence-electron chi connectivity index (χ4n) is 3.41. The molecule has 4 heteroatoms. The van der Waals surface area contributed by atoms with Gasteiger partial charge in [0.25, 0.3) is 0 Å². The summed E-state index contributed by atoms with van der Waals surface area (Å²) in [6.07, 6.45) is 2.45. The van der Waals surface area contributed by atoms with Crippen LogP contribution in [0.1, 0.15) is 34.7 Å². The van der Waals surface area contributed by atoms with Crippen molar-refractivity contribution in [1.29, 1.82) is 0 Å². The van der Waals surface area contributed by atoms with Crippen molar-refractivity contribution >= 4 is 22.6 Å². The molecule has 4 heterocycles. The first kappa shape index (κ1) is 10.00. The summed E-state index contributed by atoms with van der Waals surface area (Å²) in [5.41, 5.74) is 8.47. The molecule has 0 saturated carbocycles. The number of aromatic amines is 1. The summed E-state index contributed by atoms with van der Waals surface area (Å²) in [6.45, 7) is 2.29. The predicted molar refractivity (Wildman–Crippen MR) is 71.0 cm³/mol. The third-order valence-corrected chi connectivity index (χ3v) is 4.32. The van der Waals surface area contributed by atoms with E-state index in [9.17, 15) is 4.79 Å². The number of nitrogens with two attached hydrogens (primary N) is 1. The number of nitrogens with one attached hydrogen (secondary N) is 1. The molecule has 1 aromatic carbocycles. The first-order chi connectivity index (χ1) is 8.74. The van der Waals surface area contributed by atoms with E-state index in [0.717, 1.165) is 18.6 Å². The first-order valence-electron chi connectivity index (χ1n) is 6.44. The zero-order valence-corrected chi connectivity index (χ0v) is 10.1. The van der Waals surface area contributed by atoms with Gasteiger partial charge in [-0.1, -0.05) is 0 Å². The van der Waals surface area contributed by atoms with Crippen molar-refractivity contribution in [3.8, 4) is 0 Å². The molecule has 1 saturated heterocycles. The van der Waals surface area contributed by atoms with Crippen LogP contribution in [-0.2, 0) is 0 Å². The summed E-state index contributed by atoms with van der Waals surface area (Å²) in [5.74, 6) is 1.55. The second-order valence-electron chi connectivity index (χ2n) is 5.27. The molecule has 5 rings (SSSR count). The summed E-state index contributed by atoms with van der Waals surface area (Å²) in [5, 5.41) is 1.18. The molecule has 1 fully saturated rings. The molecule has 3 aliphatic rings. The number of rotatable bonds is 1. The van der Waals surface area contributed by atoms with Crippen LogP contribution in [0.3, 0.4) is 0 Å². The molecule has 18 heavy (non-hydrogen) atoms. The molecule has 0 spiro atoms. The number of benzene rings is 1. The van der Waals surface area contributed by atoms with Gasteiger partial charge in [-0.2, -0.15) is 0 Å². The van der Waals surface area contributed by atoms with Crippen LogP contribution in [0.4, 0.5) is 5.82 Å². The van der Waals surface area contributed by atoms with Crippen LogP contribution in [0.25, 0.3) is 10.9 Å². The van der Waals surface area contributed by atoms with E-state index in [1.807, 2.05) is 12.1 Å². The van der Waals surface area contributed by atoms with Crippen LogP contribution in [0.5, 0.6) is 0 Å². The van der Waals surface area contributed by atoms with Crippen LogP contribution in [0.2, 0.25) is 0 Å². The largest absolute Gasteiger partial charge is 0.366 e. The summed E-state index contributed by atoms with van der Waals surface area (Å²) in [4.78, 5) is 17.2.